The predicted molar refractivity (Wildman–Crippen MR) is 97.8 cm³/mol. The Morgan fingerprint density at radius 2 is 1.88 bits per heavy atom. The van der Waals surface area contributed by atoms with E-state index in [0.717, 1.165) is 48.8 Å². The molecule has 0 atom stereocenters. The van der Waals surface area contributed by atoms with Crippen LogP contribution in [-0.2, 0) is 9.47 Å². The first-order chi connectivity index (χ1) is 12.2. The van der Waals surface area contributed by atoms with E-state index in [1.165, 1.54) is 12.8 Å². The first kappa shape index (κ1) is 17.0. The van der Waals surface area contributed by atoms with Crippen LogP contribution in [0.25, 0.3) is 5.57 Å². The molecule has 1 heterocycles. The highest BCUT2D eigenvalue weighted by atomic mass is 19.1. The van der Waals surface area contributed by atoms with Crippen LogP contribution in [0.3, 0.4) is 0 Å². The molecule has 2 aliphatic carbocycles. The molecule has 0 amide bonds. The van der Waals surface area contributed by atoms with Crippen LogP contribution in [0, 0.1) is 11.7 Å². The third-order valence-electron chi connectivity index (χ3n) is 6.16. The van der Waals surface area contributed by atoms with Gasteiger partial charge in [0.15, 0.2) is 5.79 Å². The van der Waals surface area contributed by atoms with Crippen LogP contribution in [0.4, 0.5) is 4.39 Å². The van der Waals surface area contributed by atoms with Gasteiger partial charge in [-0.2, -0.15) is 0 Å². The summed E-state index contributed by atoms with van der Waals surface area (Å²) in [6, 6.07) is 5.87. The van der Waals surface area contributed by atoms with Crippen LogP contribution in [0.2, 0.25) is 0 Å². The smallest absolute Gasteiger partial charge is 0.172 e. The normalized spacial score (nSPS) is 28.8. The molecule has 1 aromatic rings. The van der Waals surface area contributed by atoms with Gasteiger partial charge in [0, 0.05) is 18.4 Å². The van der Waals surface area contributed by atoms with Crippen LogP contribution < -0.4 is 0 Å². The second-order valence-electron chi connectivity index (χ2n) is 7.63. The molecule has 2 fully saturated rings. The molecule has 0 N–H and O–H groups in total. The Balaban J connectivity index is 1.47. The molecule has 1 spiro atoms. The van der Waals surface area contributed by atoms with Gasteiger partial charge < -0.3 is 9.47 Å². The molecule has 1 aromatic carbocycles. The third-order valence-corrected chi connectivity index (χ3v) is 6.16. The average molecular weight is 342 g/mol. The van der Waals surface area contributed by atoms with E-state index in [1.807, 2.05) is 6.07 Å². The van der Waals surface area contributed by atoms with Crippen molar-refractivity contribution >= 4 is 5.57 Å². The molecule has 134 valence electrons. The fourth-order valence-corrected chi connectivity index (χ4v) is 4.55. The van der Waals surface area contributed by atoms with Crippen molar-refractivity contribution < 1.29 is 13.9 Å². The van der Waals surface area contributed by atoms with E-state index in [4.69, 9.17) is 9.47 Å². The van der Waals surface area contributed by atoms with Crippen molar-refractivity contribution in [2.45, 2.75) is 56.7 Å². The summed E-state index contributed by atoms with van der Waals surface area (Å²) in [5, 5.41) is 0. The number of hydrogen-bond donors (Lipinski definition) is 0. The molecule has 4 rings (SSSR count). The van der Waals surface area contributed by atoms with Gasteiger partial charge >= 0.3 is 0 Å². The van der Waals surface area contributed by atoms with E-state index in [-0.39, 0.29) is 5.82 Å². The van der Waals surface area contributed by atoms with Gasteiger partial charge in [-0.3, -0.25) is 0 Å². The predicted octanol–water partition coefficient (Wildman–Crippen LogP) is 5.60. The summed E-state index contributed by atoms with van der Waals surface area (Å²) in [5.41, 5.74) is 2.99. The molecule has 0 aromatic heterocycles. The summed E-state index contributed by atoms with van der Waals surface area (Å²) < 4.78 is 26.3. The van der Waals surface area contributed by atoms with Crippen molar-refractivity contribution in [2.75, 3.05) is 13.2 Å². The van der Waals surface area contributed by atoms with E-state index in [1.54, 1.807) is 6.07 Å². The van der Waals surface area contributed by atoms with Crippen molar-refractivity contribution in [3.05, 3.63) is 53.9 Å². The number of halogens is 1. The lowest BCUT2D eigenvalue weighted by molar-refractivity contribution is -0.159. The van der Waals surface area contributed by atoms with Gasteiger partial charge in [-0.05, 0) is 61.1 Å². The van der Waals surface area contributed by atoms with Gasteiger partial charge in [0.1, 0.15) is 5.82 Å². The van der Waals surface area contributed by atoms with Gasteiger partial charge in [0.05, 0.1) is 13.2 Å². The maximum atomic E-state index is 14.8. The minimum atomic E-state index is -0.441. The Morgan fingerprint density at radius 1 is 1.12 bits per heavy atom. The van der Waals surface area contributed by atoms with Crippen molar-refractivity contribution in [1.82, 2.24) is 0 Å². The van der Waals surface area contributed by atoms with Crippen LogP contribution in [-0.4, -0.2) is 19.0 Å². The van der Waals surface area contributed by atoms with Crippen molar-refractivity contribution in [3.63, 3.8) is 0 Å². The monoisotopic (exact) mass is 342 g/mol. The highest BCUT2D eigenvalue weighted by Gasteiger charge is 2.38. The Kier molecular flexibility index (Phi) is 4.79. The molecule has 25 heavy (non-hydrogen) atoms. The van der Waals surface area contributed by atoms with Gasteiger partial charge in [-0.15, -0.1) is 6.58 Å². The summed E-state index contributed by atoms with van der Waals surface area (Å²) in [7, 11) is 0. The highest BCUT2D eigenvalue weighted by molar-refractivity contribution is 5.67. The fraction of sp³-hybridized carbons (Fsp3) is 0.545. The van der Waals surface area contributed by atoms with Gasteiger partial charge in [-0.25, -0.2) is 4.39 Å². The zero-order chi connectivity index (χ0) is 17.3. The number of ether oxygens (including phenoxy) is 2. The molecule has 1 aliphatic heterocycles. The Bertz CT molecular complexity index is 665. The number of rotatable bonds is 3. The largest absolute Gasteiger partial charge is 0.347 e. The average Bonchev–Trinajstić information content (AvgIpc) is 3.11. The number of hydrogen-bond acceptors (Lipinski definition) is 2. The summed E-state index contributed by atoms with van der Waals surface area (Å²) in [4.78, 5) is 0. The second kappa shape index (κ2) is 7.05. The molecule has 3 heteroatoms. The Labute approximate surface area is 149 Å². The topological polar surface area (TPSA) is 18.5 Å². The summed E-state index contributed by atoms with van der Waals surface area (Å²) in [5.74, 6) is 0.603. The fourth-order valence-electron chi connectivity index (χ4n) is 4.55. The van der Waals surface area contributed by atoms with Gasteiger partial charge in [0.2, 0.25) is 0 Å². The van der Waals surface area contributed by atoms with Crippen molar-refractivity contribution in [1.29, 1.82) is 0 Å². The SMILES string of the molecule is C=CC1CCC(c2ccc(C3=CCC4(CC3)OCCO4)c(F)c2)CC1. The van der Waals surface area contributed by atoms with E-state index in [9.17, 15) is 4.39 Å². The van der Waals surface area contributed by atoms with E-state index in [2.05, 4.69) is 24.8 Å². The molecule has 0 radical (unpaired) electrons. The van der Waals surface area contributed by atoms with Crippen LogP contribution in [0.15, 0.2) is 36.9 Å². The molecule has 0 unspecified atom stereocenters. The lowest BCUT2D eigenvalue weighted by Crippen LogP contribution is -2.31. The molecular formula is C22H27FO2. The summed E-state index contributed by atoms with van der Waals surface area (Å²) >= 11 is 0. The molecular weight excluding hydrogens is 315 g/mol. The minimum absolute atomic E-state index is 0.0844. The van der Waals surface area contributed by atoms with E-state index < -0.39 is 5.79 Å². The zero-order valence-electron chi connectivity index (χ0n) is 14.8. The highest BCUT2D eigenvalue weighted by Crippen LogP contribution is 2.40. The van der Waals surface area contributed by atoms with Gasteiger partial charge in [0.25, 0.3) is 0 Å². The van der Waals surface area contributed by atoms with Crippen molar-refractivity contribution in [3.8, 4) is 0 Å². The van der Waals surface area contributed by atoms with Crippen LogP contribution in [0.1, 0.15) is 62.0 Å². The minimum Gasteiger partial charge on any atom is -0.347 e. The lowest BCUT2D eigenvalue weighted by Gasteiger charge is -2.31. The van der Waals surface area contributed by atoms with Crippen LogP contribution >= 0.6 is 0 Å². The third kappa shape index (κ3) is 3.45. The molecule has 1 saturated heterocycles. The lowest BCUT2D eigenvalue weighted by atomic mass is 9.78. The standard InChI is InChI=1S/C22H27FO2/c1-2-16-3-5-17(6-4-16)19-7-8-20(21(23)15-19)18-9-11-22(12-10-18)24-13-14-25-22/h2,7-9,15-17H,1,3-6,10-14H2. The zero-order valence-corrected chi connectivity index (χ0v) is 14.8. The molecule has 2 nitrogen and oxygen atoms in total. The number of benzene rings is 1. The van der Waals surface area contributed by atoms with E-state index in [0.29, 0.717) is 25.0 Å². The summed E-state index contributed by atoms with van der Waals surface area (Å²) in [6.45, 7) is 5.24. The van der Waals surface area contributed by atoms with E-state index >= 15 is 0 Å². The van der Waals surface area contributed by atoms with Crippen molar-refractivity contribution in [2.24, 2.45) is 5.92 Å². The molecule has 1 saturated carbocycles. The Hall–Kier alpha value is -1.45. The quantitative estimate of drug-likeness (QED) is 0.666. The molecule has 3 aliphatic rings. The number of allylic oxidation sites excluding steroid dienone is 2. The van der Waals surface area contributed by atoms with Gasteiger partial charge in [-0.1, -0.05) is 24.3 Å². The molecule has 0 bridgehead atoms. The first-order valence-electron chi connectivity index (χ1n) is 9.58. The maximum absolute atomic E-state index is 14.8. The Morgan fingerprint density at radius 3 is 2.48 bits per heavy atom. The summed E-state index contributed by atoms with van der Waals surface area (Å²) in [6.07, 6.45) is 11.1. The maximum Gasteiger partial charge on any atom is 0.172 e. The second-order valence-corrected chi connectivity index (χ2v) is 7.63. The van der Waals surface area contributed by atoms with Crippen LogP contribution in [0.5, 0.6) is 0 Å². The first-order valence-corrected chi connectivity index (χ1v) is 9.58.